The highest BCUT2D eigenvalue weighted by atomic mass is 32.1. The van der Waals surface area contributed by atoms with E-state index < -0.39 is 0 Å². The van der Waals surface area contributed by atoms with Crippen LogP contribution in [0.1, 0.15) is 18.9 Å². The van der Waals surface area contributed by atoms with Crippen LogP contribution in [0, 0.1) is 11.8 Å². The molecule has 0 amide bonds. The molecule has 1 aromatic carbocycles. The number of carbonyl (C=O) groups is 1. The van der Waals surface area contributed by atoms with Gasteiger partial charge in [0.15, 0.2) is 0 Å². The smallest absolute Gasteiger partial charge is 0.317 e. The lowest BCUT2D eigenvalue weighted by atomic mass is 10.2. The Bertz CT molecular complexity index is 402. The van der Waals surface area contributed by atoms with Crippen LogP contribution in [-0.2, 0) is 9.53 Å². The van der Waals surface area contributed by atoms with Crippen molar-refractivity contribution in [3.8, 4) is 11.8 Å². The van der Waals surface area contributed by atoms with Gasteiger partial charge in [-0.25, -0.2) is 0 Å². The van der Waals surface area contributed by atoms with E-state index in [1.807, 2.05) is 24.3 Å². The molecule has 0 saturated carbocycles. The summed E-state index contributed by atoms with van der Waals surface area (Å²) < 4.78 is 4.75. The first-order valence-corrected chi connectivity index (χ1v) is 5.10. The largest absolute Gasteiger partial charge is 0.465 e. The zero-order chi connectivity index (χ0) is 11.1. The molecule has 0 atom stereocenters. The third-order valence-electron chi connectivity index (χ3n) is 1.62. The van der Waals surface area contributed by atoms with E-state index in [9.17, 15) is 4.79 Å². The first-order valence-electron chi connectivity index (χ1n) is 4.66. The van der Waals surface area contributed by atoms with E-state index >= 15 is 0 Å². The van der Waals surface area contributed by atoms with Crippen molar-refractivity contribution in [1.82, 2.24) is 0 Å². The molecule has 0 aliphatic heterocycles. The summed E-state index contributed by atoms with van der Waals surface area (Å²) in [5, 5.41) is 0. The summed E-state index contributed by atoms with van der Waals surface area (Å²) >= 11 is 4.19. The van der Waals surface area contributed by atoms with Gasteiger partial charge in [-0.3, -0.25) is 4.79 Å². The Hall–Kier alpha value is -1.40. The summed E-state index contributed by atoms with van der Waals surface area (Å²) in [4.78, 5) is 11.8. The van der Waals surface area contributed by atoms with E-state index in [0.717, 1.165) is 10.5 Å². The molecule has 0 saturated heterocycles. The normalized spacial score (nSPS) is 8.93. The Balaban J connectivity index is 2.55. The number of benzene rings is 1. The van der Waals surface area contributed by atoms with E-state index in [4.69, 9.17) is 4.74 Å². The molecule has 0 radical (unpaired) electrons. The number of carbonyl (C=O) groups excluding carboxylic acids is 1. The Kier molecular flexibility index (Phi) is 4.79. The standard InChI is InChI=1S/C12H12O2S/c1-2-14-12(13)8-4-6-10-5-3-7-11(15)9-10/h3,5,7,9,15H,2,8H2,1H3. The summed E-state index contributed by atoms with van der Waals surface area (Å²) in [5.41, 5.74) is 0.854. The molecule has 2 nitrogen and oxygen atoms in total. The summed E-state index contributed by atoms with van der Waals surface area (Å²) in [6.07, 6.45) is 0.130. The van der Waals surface area contributed by atoms with Gasteiger partial charge in [0.05, 0.1) is 6.61 Å². The minimum absolute atomic E-state index is 0.130. The van der Waals surface area contributed by atoms with Gasteiger partial charge < -0.3 is 4.74 Å². The van der Waals surface area contributed by atoms with Crippen molar-refractivity contribution in [2.45, 2.75) is 18.2 Å². The maximum Gasteiger partial charge on any atom is 0.317 e. The fourth-order valence-electron chi connectivity index (χ4n) is 1.01. The lowest BCUT2D eigenvalue weighted by Gasteiger charge is -1.95. The Labute approximate surface area is 95.1 Å². The molecule has 0 aliphatic rings. The highest BCUT2D eigenvalue weighted by molar-refractivity contribution is 7.80. The molecule has 1 rings (SSSR count). The number of thiol groups is 1. The van der Waals surface area contributed by atoms with E-state index in [-0.39, 0.29) is 12.4 Å². The molecule has 0 spiro atoms. The molecule has 15 heavy (non-hydrogen) atoms. The second-order valence-electron chi connectivity index (χ2n) is 2.83. The van der Waals surface area contributed by atoms with Gasteiger partial charge >= 0.3 is 5.97 Å². The van der Waals surface area contributed by atoms with Crippen molar-refractivity contribution >= 4 is 18.6 Å². The van der Waals surface area contributed by atoms with Crippen molar-refractivity contribution in [1.29, 1.82) is 0 Å². The lowest BCUT2D eigenvalue weighted by molar-refractivity contribution is -0.141. The van der Waals surface area contributed by atoms with Crippen molar-refractivity contribution in [3.63, 3.8) is 0 Å². The Morgan fingerprint density at radius 1 is 1.53 bits per heavy atom. The zero-order valence-corrected chi connectivity index (χ0v) is 9.38. The van der Waals surface area contributed by atoms with Crippen molar-refractivity contribution in [2.24, 2.45) is 0 Å². The lowest BCUT2D eigenvalue weighted by Crippen LogP contribution is -2.01. The summed E-state index contributed by atoms with van der Waals surface area (Å²) in [7, 11) is 0. The first kappa shape index (κ1) is 11.7. The predicted octanol–water partition coefficient (Wildman–Crippen LogP) is 2.28. The quantitative estimate of drug-likeness (QED) is 0.470. The topological polar surface area (TPSA) is 26.3 Å². The SMILES string of the molecule is CCOC(=O)CC#Cc1cccc(S)c1. The van der Waals surface area contributed by atoms with Crippen LogP contribution in [0.15, 0.2) is 29.2 Å². The molecule has 0 unspecified atom stereocenters. The molecule has 1 aromatic rings. The zero-order valence-electron chi connectivity index (χ0n) is 8.49. The number of rotatable bonds is 2. The number of esters is 1. The third-order valence-corrected chi connectivity index (χ3v) is 1.90. The maximum absolute atomic E-state index is 11.0. The van der Waals surface area contributed by atoms with Crippen LogP contribution >= 0.6 is 12.6 Å². The molecule has 78 valence electrons. The highest BCUT2D eigenvalue weighted by Crippen LogP contribution is 2.07. The van der Waals surface area contributed by atoms with E-state index in [1.54, 1.807) is 6.92 Å². The average Bonchev–Trinajstić information content (AvgIpc) is 2.18. The fraction of sp³-hybridized carbons (Fsp3) is 0.250. The summed E-state index contributed by atoms with van der Waals surface area (Å²) in [5.74, 6) is 5.34. The molecule has 0 fully saturated rings. The van der Waals surface area contributed by atoms with E-state index in [2.05, 4.69) is 24.5 Å². The Morgan fingerprint density at radius 2 is 2.33 bits per heavy atom. The second kappa shape index (κ2) is 6.15. The molecule has 0 aliphatic carbocycles. The van der Waals surface area contributed by atoms with Crippen molar-refractivity contribution < 1.29 is 9.53 Å². The van der Waals surface area contributed by atoms with Crippen LogP contribution in [0.2, 0.25) is 0 Å². The third kappa shape index (κ3) is 4.57. The van der Waals surface area contributed by atoms with Gasteiger partial charge in [-0.15, -0.1) is 12.6 Å². The van der Waals surface area contributed by atoms with Gasteiger partial charge in [0.25, 0.3) is 0 Å². The van der Waals surface area contributed by atoms with Gasteiger partial charge in [0.1, 0.15) is 6.42 Å². The number of ether oxygens (including phenoxy) is 1. The first-order chi connectivity index (χ1) is 7.22. The predicted molar refractivity (Wildman–Crippen MR) is 61.8 cm³/mol. The highest BCUT2D eigenvalue weighted by Gasteiger charge is 1.95. The molecular formula is C12H12O2S. The minimum atomic E-state index is -0.285. The monoisotopic (exact) mass is 220 g/mol. The van der Waals surface area contributed by atoms with Crippen LogP contribution in [0.3, 0.4) is 0 Å². The van der Waals surface area contributed by atoms with Crippen molar-refractivity contribution in [3.05, 3.63) is 29.8 Å². The summed E-state index contributed by atoms with van der Waals surface area (Å²) in [6.45, 7) is 2.17. The van der Waals surface area contributed by atoms with Crippen LogP contribution in [-0.4, -0.2) is 12.6 Å². The van der Waals surface area contributed by atoms with Crippen LogP contribution in [0.25, 0.3) is 0 Å². The van der Waals surface area contributed by atoms with Gasteiger partial charge in [-0.1, -0.05) is 17.9 Å². The number of hydrogen-bond acceptors (Lipinski definition) is 3. The van der Waals surface area contributed by atoms with Crippen LogP contribution in [0.4, 0.5) is 0 Å². The van der Waals surface area contributed by atoms with Gasteiger partial charge in [0.2, 0.25) is 0 Å². The average molecular weight is 220 g/mol. The molecule has 0 N–H and O–H groups in total. The molecular weight excluding hydrogens is 208 g/mol. The second-order valence-corrected chi connectivity index (χ2v) is 3.35. The molecule has 0 heterocycles. The van der Waals surface area contributed by atoms with Crippen LogP contribution in [0.5, 0.6) is 0 Å². The summed E-state index contributed by atoms with van der Waals surface area (Å²) in [6, 6.07) is 7.47. The minimum Gasteiger partial charge on any atom is -0.465 e. The van der Waals surface area contributed by atoms with E-state index in [0.29, 0.717) is 6.61 Å². The molecule has 0 bridgehead atoms. The van der Waals surface area contributed by atoms with Crippen molar-refractivity contribution in [2.75, 3.05) is 6.61 Å². The fourth-order valence-corrected chi connectivity index (χ4v) is 1.24. The Morgan fingerprint density at radius 3 is 3.00 bits per heavy atom. The van der Waals surface area contributed by atoms with Crippen LogP contribution < -0.4 is 0 Å². The molecule has 3 heteroatoms. The van der Waals surface area contributed by atoms with E-state index in [1.165, 1.54) is 0 Å². The van der Waals surface area contributed by atoms with Gasteiger partial charge in [-0.05, 0) is 25.1 Å². The number of hydrogen-bond donors (Lipinski definition) is 1. The van der Waals surface area contributed by atoms with Gasteiger partial charge in [-0.2, -0.15) is 0 Å². The maximum atomic E-state index is 11.0. The molecule has 0 aromatic heterocycles. The van der Waals surface area contributed by atoms with Gasteiger partial charge in [0, 0.05) is 10.5 Å².